The fraction of sp³-hybridized carbons (Fsp3) is 0.350. The molecule has 1 N–H and O–H groups in total. The second-order valence-electron chi connectivity index (χ2n) is 6.03. The van der Waals surface area contributed by atoms with Crippen LogP contribution in [-0.4, -0.2) is 24.5 Å². The van der Waals surface area contributed by atoms with E-state index in [0.29, 0.717) is 18.8 Å². The van der Waals surface area contributed by atoms with Crippen LogP contribution in [0.15, 0.2) is 42.5 Å². The van der Waals surface area contributed by atoms with E-state index in [1.807, 2.05) is 24.3 Å². The average Bonchev–Trinajstić information content (AvgIpc) is 2.67. The monoisotopic (exact) mass is 372 g/mol. The fourth-order valence-corrected chi connectivity index (χ4v) is 2.57. The van der Waals surface area contributed by atoms with Gasteiger partial charge in [0.15, 0.2) is 0 Å². The van der Waals surface area contributed by atoms with Gasteiger partial charge in [-0.05, 0) is 42.7 Å². The molecule has 2 aromatic rings. The fourth-order valence-electron chi connectivity index (χ4n) is 2.57. The Kier molecular flexibility index (Phi) is 7.61. The number of benzene rings is 2. The van der Waals surface area contributed by atoms with Crippen molar-refractivity contribution in [3.63, 3.8) is 0 Å². The van der Waals surface area contributed by atoms with Gasteiger partial charge < -0.3 is 14.8 Å². The predicted molar refractivity (Wildman–Crippen MR) is 103 cm³/mol. The third-order valence-corrected chi connectivity index (χ3v) is 3.95. The second-order valence-corrected chi connectivity index (χ2v) is 6.03. The Morgan fingerprint density at radius 2 is 1.85 bits per heavy atom. The summed E-state index contributed by atoms with van der Waals surface area (Å²) in [5.41, 5.74) is 1.22. The van der Waals surface area contributed by atoms with Crippen LogP contribution in [0.3, 0.4) is 0 Å². The first-order chi connectivity index (χ1) is 13.0. The van der Waals surface area contributed by atoms with E-state index in [2.05, 4.69) is 12.2 Å². The lowest BCUT2D eigenvalue weighted by Gasteiger charge is -2.09. The van der Waals surface area contributed by atoms with E-state index in [0.717, 1.165) is 18.6 Å². The van der Waals surface area contributed by atoms with Gasteiger partial charge in [-0.3, -0.25) is 14.9 Å². The molecule has 7 nitrogen and oxygen atoms in total. The predicted octanol–water partition coefficient (Wildman–Crippen LogP) is 4.35. The lowest BCUT2D eigenvalue weighted by molar-refractivity contribution is -0.384. The summed E-state index contributed by atoms with van der Waals surface area (Å²) in [7, 11) is 1.43. The Hall–Kier alpha value is -3.09. The summed E-state index contributed by atoms with van der Waals surface area (Å²) in [6, 6.07) is 12.2. The lowest BCUT2D eigenvalue weighted by atomic mass is 10.1. The van der Waals surface area contributed by atoms with E-state index in [1.165, 1.54) is 24.8 Å². The van der Waals surface area contributed by atoms with Gasteiger partial charge in [0.1, 0.15) is 17.2 Å². The van der Waals surface area contributed by atoms with E-state index >= 15 is 0 Å². The molecule has 1 amide bonds. The SMILES string of the molecule is CCCc1ccc(OCCCC(=O)Nc2ccc(OC)cc2[N+](=O)[O-])cc1. The minimum atomic E-state index is -0.552. The normalized spacial score (nSPS) is 10.3. The number of aryl methyl sites for hydroxylation is 1. The smallest absolute Gasteiger partial charge is 0.296 e. The molecule has 0 aliphatic carbocycles. The summed E-state index contributed by atoms with van der Waals surface area (Å²) in [5, 5.41) is 13.7. The highest BCUT2D eigenvalue weighted by Gasteiger charge is 2.17. The number of nitrogens with one attached hydrogen (secondary N) is 1. The van der Waals surface area contributed by atoms with Gasteiger partial charge in [-0.25, -0.2) is 0 Å². The third kappa shape index (κ3) is 6.29. The molecule has 0 aromatic heterocycles. The zero-order valence-corrected chi connectivity index (χ0v) is 15.6. The molecule has 7 heteroatoms. The van der Waals surface area contributed by atoms with E-state index < -0.39 is 4.92 Å². The summed E-state index contributed by atoms with van der Waals surface area (Å²) in [6.45, 7) is 2.53. The average molecular weight is 372 g/mol. The number of nitro groups is 1. The summed E-state index contributed by atoms with van der Waals surface area (Å²) >= 11 is 0. The zero-order valence-electron chi connectivity index (χ0n) is 15.6. The van der Waals surface area contributed by atoms with Crippen LogP contribution in [0.1, 0.15) is 31.7 Å². The molecule has 0 aliphatic rings. The third-order valence-electron chi connectivity index (χ3n) is 3.95. The molecule has 2 aromatic carbocycles. The molecule has 0 bridgehead atoms. The summed E-state index contributed by atoms with van der Waals surface area (Å²) in [5.74, 6) is 0.823. The highest BCUT2D eigenvalue weighted by atomic mass is 16.6. The molecule has 2 rings (SSSR count). The largest absolute Gasteiger partial charge is 0.496 e. The minimum Gasteiger partial charge on any atom is -0.496 e. The molecule has 0 heterocycles. The van der Waals surface area contributed by atoms with Crippen LogP contribution in [0.25, 0.3) is 0 Å². The summed E-state index contributed by atoms with van der Waals surface area (Å²) in [4.78, 5) is 22.6. The number of carbonyl (C=O) groups is 1. The first-order valence-corrected chi connectivity index (χ1v) is 8.87. The quantitative estimate of drug-likeness (QED) is 0.380. The Balaban J connectivity index is 1.80. The molecule has 144 valence electrons. The first kappa shape index (κ1) is 20.2. The Morgan fingerprint density at radius 1 is 1.15 bits per heavy atom. The molecule has 0 radical (unpaired) electrons. The second kappa shape index (κ2) is 10.2. The van der Waals surface area contributed by atoms with Crippen molar-refractivity contribution in [3.05, 3.63) is 58.1 Å². The highest BCUT2D eigenvalue weighted by Crippen LogP contribution is 2.29. The molecule has 0 fully saturated rings. The number of rotatable bonds is 10. The van der Waals surface area contributed by atoms with Gasteiger partial charge in [0.05, 0.1) is 24.7 Å². The number of hydrogen-bond acceptors (Lipinski definition) is 5. The topological polar surface area (TPSA) is 90.7 Å². The van der Waals surface area contributed by atoms with Gasteiger partial charge in [0, 0.05) is 6.42 Å². The lowest BCUT2D eigenvalue weighted by Crippen LogP contribution is -2.14. The van der Waals surface area contributed by atoms with Crippen LogP contribution in [0, 0.1) is 10.1 Å². The maximum absolute atomic E-state index is 12.0. The summed E-state index contributed by atoms with van der Waals surface area (Å²) in [6.07, 6.45) is 2.85. The van der Waals surface area contributed by atoms with Crippen molar-refractivity contribution in [3.8, 4) is 11.5 Å². The van der Waals surface area contributed by atoms with Crippen LogP contribution >= 0.6 is 0 Å². The molecule has 0 atom stereocenters. The van der Waals surface area contributed by atoms with Crippen LogP contribution in [0.4, 0.5) is 11.4 Å². The standard InChI is InChI=1S/C20H24N2O5/c1-3-5-15-7-9-16(10-8-15)27-13-4-6-20(23)21-18-12-11-17(26-2)14-19(18)22(24)25/h7-12,14H,3-6,13H2,1-2H3,(H,21,23). The zero-order chi connectivity index (χ0) is 19.6. The molecular weight excluding hydrogens is 348 g/mol. The van der Waals surface area contributed by atoms with E-state index in [9.17, 15) is 14.9 Å². The van der Waals surface area contributed by atoms with Gasteiger partial charge in [0.25, 0.3) is 5.69 Å². The summed E-state index contributed by atoms with van der Waals surface area (Å²) < 4.78 is 10.6. The molecular formula is C20H24N2O5. The van der Waals surface area contributed by atoms with Crippen molar-refractivity contribution in [1.29, 1.82) is 0 Å². The van der Waals surface area contributed by atoms with Crippen molar-refractivity contribution >= 4 is 17.3 Å². The molecule has 0 unspecified atom stereocenters. The molecule has 0 spiro atoms. The molecule has 0 saturated heterocycles. The minimum absolute atomic E-state index is 0.151. The van der Waals surface area contributed by atoms with Crippen molar-refractivity contribution in [2.45, 2.75) is 32.6 Å². The van der Waals surface area contributed by atoms with Gasteiger partial charge in [-0.15, -0.1) is 0 Å². The van der Waals surface area contributed by atoms with E-state index in [4.69, 9.17) is 9.47 Å². The number of methoxy groups -OCH3 is 1. The van der Waals surface area contributed by atoms with Gasteiger partial charge in [-0.1, -0.05) is 25.5 Å². The van der Waals surface area contributed by atoms with Crippen LogP contribution in [-0.2, 0) is 11.2 Å². The molecule has 27 heavy (non-hydrogen) atoms. The van der Waals surface area contributed by atoms with E-state index in [1.54, 1.807) is 6.07 Å². The number of hydrogen-bond donors (Lipinski definition) is 1. The first-order valence-electron chi connectivity index (χ1n) is 8.87. The van der Waals surface area contributed by atoms with Crippen molar-refractivity contribution < 1.29 is 19.2 Å². The van der Waals surface area contributed by atoms with Crippen molar-refractivity contribution in [2.75, 3.05) is 19.0 Å². The number of carbonyl (C=O) groups excluding carboxylic acids is 1. The van der Waals surface area contributed by atoms with Crippen molar-refractivity contribution in [1.82, 2.24) is 0 Å². The number of amides is 1. The highest BCUT2D eigenvalue weighted by molar-refractivity contribution is 5.93. The Morgan fingerprint density at radius 3 is 2.48 bits per heavy atom. The van der Waals surface area contributed by atoms with Crippen LogP contribution in [0.2, 0.25) is 0 Å². The van der Waals surface area contributed by atoms with Gasteiger partial charge >= 0.3 is 0 Å². The van der Waals surface area contributed by atoms with Crippen LogP contribution in [0.5, 0.6) is 11.5 Å². The molecule has 0 aliphatic heterocycles. The van der Waals surface area contributed by atoms with Crippen molar-refractivity contribution in [2.24, 2.45) is 0 Å². The van der Waals surface area contributed by atoms with E-state index in [-0.39, 0.29) is 23.7 Å². The van der Waals surface area contributed by atoms with Crippen LogP contribution < -0.4 is 14.8 Å². The number of anilines is 1. The maximum Gasteiger partial charge on any atom is 0.296 e. The Bertz CT molecular complexity index is 774. The Labute approximate surface area is 158 Å². The number of ether oxygens (including phenoxy) is 2. The van der Waals surface area contributed by atoms with Gasteiger partial charge in [0.2, 0.25) is 5.91 Å². The number of nitro benzene ring substituents is 1. The molecule has 0 saturated carbocycles. The maximum atomic E-state index is 12.0. The van der Waals surface area contributed by atoms with Gasteiger partial charge in [-0.2, -0.15) is 0 Å². The number of nitrogens with zero attached hydrogens (tertiary/aromatic N) is 1.